The van der Waals surface area contributed by atoms with Crippen LogP contribution in [0.2, 0.25) is 0 Å². The second-order valence-corrected chi connectivity index (χ2v) is 9.76. The molecule has 0 aliphatic heterocycles. The first-order valence-corrected chi connectivity index (χ1v) is 12.9. The van der Waals surface area contributed by atoms with Crippen LogP contribution in [0.1, 0.15) is 64.2 Å². The van der Waals surface area contributed by atoms with Crippen molar-refractivity contribution < 1.29 is 4.79 Å². The molecule has 0 bridgehead atoms. The minimum Gasteiger partial charge on any atom is -0.344 e. The van der Waals surface area contributed by atoms with E-state index in [0.717, 1.165) is 53.6 Å². The summed E-state index contributed by atoms with van der Waals surface area (Å²) in [5, 5.41) is 9.13. The molecule has 5 aromatic rings. The molecule has 0 saturated heterocycles. The number of para-hydroxylation sites is 1. The van der Waals surface area contributed by atoms with Crippen LogP contribution >= 0.6 is 0 Å². The van der Waals surface area contributed by atoms with Crippen molar-refractivity contribution in [3.8, 4) is 18.0 Å². The van der Waals surface area contributed by atoms with Crippen LogP contribution in [-0.2, 0) is 12.8 Å². The number of pyridine rings is 1. The molecule has 1 amide bonds. The number of hydrogen-bond acceptors (Lipinski definition) is 4. The van der Waals surface area contributed by atoms with Crippen LogP contribution < -0.4 is 10.9 Å². The van der Waals surface area contributed by atoms with E-state index in [9.17, 15) is 9.59 Å². The van der Waals surface area contributed by atoms with Gasteiger partial charge in [-0.1, -0.05) is 30.2 Å². The first kappa shape index (κ1) is 23.7. The molecule has 1 aliphatic rings. The van der Waals surface area contributed by atoms with Gasteiger partial charge in [0.2, 0.25) is 0 Å². The third kappa shape index (κ3) is 3.69. The molecule has 38 heavy (non-hydrogen) atoms. The highest BCUT2D eigenvalue weighted by Gasteiger charge is 2.28. The number of rotatable bonds is 4. The van der Waals surface area contributed by atoms with Gasteiger partial charge < -0.3 is 5.32 Å². The number of terminal acetylenes is 1. The van der Waals surface area contributed by atoms with Crippen molar-refractivity contribution in [2.45, 2.75) is 45.6 Å². The van der Waals surface area contributed by atoms with Gasteiger partial charge in [-0.2, -0.15) is 5.10 Å². The van der Waals surface area contributed by atoms with Crippen LogP contribution in [0.15, 0.2) is 65.7 Å². The number of fused-ring (bicyclic) bond motifs is 1. The highest BCUT2D eigenvalue weighted by molar-refractivity contribution is 6.01. The highest BCUT2D eigenvalue weighted by Crippen LogP contribution is 2.35. The third-order valence-corrected chi connectivity index (χ3v) is 7.41. The third-order valence-electron chi connectivity index (χ3n) is 7.41. The molecule has 0 spiro atoms. The zero-order valence-corrected chi connectivity index (χ0v) is 21.4. The molecule has 6 rings (SSSR count). The highest BCUT2D eigenvalue weighted by atomic mass is 16.2. The van der Waals surface area contributed by atoms with Gasteiger partial charge in [0.1, 0.15) is 5.56 Å². The Hall–Kier alpha value is -4.70. The summed E-state index contributed by atoms with van der Waals surface area (Å²) in [4.78, 5) is 32.3. The van der Waals surface area contributed by atoms with Gasteiger partial charge in [-0.05, 0) is 80.3 Å². The predicted molar refractivity (Wildman–Crippen MR) is 148 cm³/mol. The van der Waals surface area contributed by atoms with E-state index in [2.05, 4.69) is 27.4 Å². The molecular weight excluding hydrogens is 474 g/mol. The van der Waals surface area contributed by atoms with Gasteiger partial charge in [0.05, 0.1) is 22.8 Å². The summed E-state index contributed by atoms with van der Waals surface area (Å²) < 4.78 is 3.34. The first-order valence-electron chi connectivity index (χ1n) is 12.9. The summed E-state index contributed by atoms with van der Waals surface area (Å²) in [6.45, 7) is 3.73. The first-order chi connectivity index (χ1) is 18.5. The van der Waals surface area contributed by atoms with Gasteiger partial charge in [0.15, 0.2) is 5.65 Å². The van der Waals surface area contributed by atoms with Crippen molar-refractivity contribution in [3.63, 3.8) is 0 Å². The summed E-state index contributed by atoms with van der Waals surface area (Å²) in [6.07, 6.45) is 13.0. The quantitative estimate of drug-likeness (QED) is 0.362. The van der Waals surface area contributed by atoms with Gasteiger partial charge in [0.25, 0.3) is 11.5 Å². The Balaban J connectivity index is 1.60. The Kier molecular flexibility index (Phi) is 5.80. The molecule has 188 valence electrons. The number of hydrogen-bond donors (Lipinski definition) is 1. The van der Waals surface area contributed by atoms with Crippen LogP contribution in [0, 0.1) is 19.3 Å². The molecule has 7 heteroatoms. The number of amides is 1. The van der Waals surface area contributed by atoms with Crippen molar-refractivity contribution in [2.24, 2.45) is 0 Å². The molecule has 3 heterocycles. The van der Waals surface area contributed by atoms with E-state index >= 15 is 0 Å². The van der Waals surface area contributed by atoms with E-state index in [1.807, 2.05) is 43.3 Å². The molecule has 0 radical (unpaired) electrons. The maximum absolute atomic E-state index is 14.3. The number of benzene rings is 2. The summed E-state index contributed by atoms with van der Waals surface area (Å²) >= 11 is 0. The van der Waals surface area contributed by atoms with Crippen LogP contribution in [-0.4, -0.2) is 25.1 Å². The smallest absolute Gasteiger partial charge is 0.264 e. The molecule has 1 aliphatic carbocycles. The number of nitrogens with one attached hydrogen (secondary N) is 1. The Labute approximate surface area is 220 Å². The lowest BCUT2D eigenvalue weighted by atomic mass is 9.92. The van der Waals surface area contributed by atoms with E-state index in [4.69, 9.17) is 6.42 Å². The molecule has 2 aromatic carbocycles. The monoisotopic (exact) mass is 501 g/mol. The normalized spacial score (nSPS) is 13.7. The lowest BCUT2D eigenvalue weighted by Crippen LogP contribution is -2.34. The summed E-state index contributed by atoms with van der Waals surface area (Å²) in [7, 11) is 0. The van der Waals surface area contributed by atoms with Crippen molar-refractivity contribution >= 4 is 22.3 Å². The van der Waals surface area contributed by atoms with E-state index in [1.54, 1.807) is 34.5 Å². The average Bonchev–Trinajstić information content (AvgIpc) is 3.12. The van der Waals surface area contributed by atoms with Gasteiger partial charge in [-0.15, -0.1) is 6.42 Å². The maximum Gasteiger partial charge on any atom is 0.264 e. The zero-order chi connectivity index (χ0) is 26.4. The lowest BCUT2D eigenvalue weighted by Gasteiger charge is -2.25. The Morgan fingerprint density at radius 1 is 1.08 bits per heavy atom. The Morgan fingerprint density at radius 3 is 2.66 bits per heavy atom. The van der Waals surface area contributed by atoms with Gasteiger partial charge in [-0.3, -0.25) is 14.2 Å². The Bertz CT molecular complexity index is 1830. The second kappa shape index (κ2) is 9.31. The van der Waals surface area contributed by atoms with E-state index in [-0.39, 0.29) is 11.5 Å². The van der Waals surface area contributed by atoms with Crippen molar-refractivity contribution in [1.29, 1.82) is 0 Å². The number of nitrogens with zero attached hydrogens (tertiary/aromatic N) is 4. The topological polar surface area (TPSA) is 81.3 Å². The summed E-state index contributed by atoms with van der Waals surface area (Å²) in [6, 6.07) is 14.8. The molecule has 7 nitrogen and oxygen atoms in total. The summed E-state index contributed by atoms with van der Waals surface area (Å²) in [5.74, 6) is 2.45. The fraction of sp³-hybridized carbons (Fsp3) is 0.226. The SMILES string of the molecule is C#Cc1ccc2c3c(c([C@@H](C)NC(=O)c4c(C)nn5cccnc45)n(-c4ccccc4)c(=O)c13)CCCC2. The van der Waals surface area contributed by atoms with Crippen LogP contribution in [0.5, 0.6) is 0 Å². The van der Waals surface area contributed by atoms with Gasteiger partial charge in [0, 0.05) is 23.6 Å². The number of carbonyl (C=O) groups excluding carboxylic acids is 1. The fourth-order valence-electron chi connectivity index (χ4n) is 5.78. The average molecular weight is 502 g/mol. The maximum atomic E-state index is 14.3. The second-order valence-electron chi connectivity index (χ2n) is 9.76. The molecule has 0 saturated carbocycles. The zero-order valence-electron chi connectivity index (χ0n) is 21.4. The number of carbonyl (C=O) groups is 1. The lowest BCUT2D eigenvalue weighted by molar-refractivity contribution is 0.0939. The van der Waals surface area contributed by atoms with E-state index in [0.29, 0.717) is 27.9 Å². The molecule has 1 N–H and O–H groups in total. The minimum absolute atomic E-state index is 0.170. The molecule has 3 aromatic heterocycles. The van der Waals surface area contributed by atoms with Crippen LogP contribution in [0.3, 0.4) is 0 Å². The fourth-order valence-corrected chi connectivity index (χ4v) is 5.78. The van der Waals surface area contributed by atoms with E-state index < -0.39 is 6.04 Å². The van der Waals surface area contributed by atoms with Crippen molar-refractivity contribution in [3.05, 3.63) is 105 Å². The molecule has 0 fully saturated rings. The predicted octanol–water partition coefficient (Wildman–Crippen LogP) is 4.69. The number of aryl methyl sites for hydroxylation is 3. The van der Waals surface area contributed by atoms with Crippen LogP contribution in [0.25, 0.3) is 22.1 Å². The van der Waals surface area contributed by atoms with Gasteiger partial charge in [-0.25, -0.2) is 9.50 Å². The largest absolute Gasteiger partial charge is 0.344 e. The number of aromatic nitrogens is 4. The van der Waals surface area contributed by atoms with Crippen molar-refractivity contribution in [1.82, 2.24) is 24.5 Å². The van der Waals surface area contributed by atoms with Crippen LogP contribution in [0.4, 0.5) is 0 Å². The van der Waals surface area contributed by atoms with Gasteiger partial charge >= 0.3 is 0 Å². The summed E-state index contributed by atoms with van der Waals surface area (Å²) in [5.41, 5.74) is 5.64. The molecule has 1 atom stereocenters. The van der Waals surface area contributed by atoms with E-state index in [1.165, 1.54) is 0 Å². The standard InChI is InChI=1S/C31H27N5O2/c1-4-21-15-16-22-11-8-9-14-24-26(22)27(21)31(38)36(23-12-6-5-7-13-23)28(24)20(3)33-30(37)25-19(2)34-35-18-10-17-32-29(25)35/h1,5-7,10,12-13,15-18,20H,8-9,11,14H2,2-3H3,(H,33,37)/t20-/m1/s1. The molecule has 0 unspecified atom stereocenters. The minimum atomic E-state index is -0.478. The Morgan fingerprint density at radius 2 is 1.87 bits per heavy atom. The van der Waals surface area contributed by atoms with Crippen molar-refractivity contribution in [2.75, 3.05) is 0 Å². The molecular formula is C31H27N5O2.